The summed E-state index contributed by atoms with van der Waals surface area (Å²) < 4.78 is 29.7. The Bertz CT molecular complexity index is 598. The zero-order chi connectivity index (χ0) is 15.1. The molecule has 0 radical (unpaired) electrons. The van der Waals surface area contributed by atoms with E-state index in [1.807, 2.05) is 0 Å². The molecule has 0 aromatic carbocycles. The smallest absolute Gasteiger partial charge is 0.289 e. The first-order valence-electron chi connectivity index (χ1n) is 5.91. The number of sulfonamides is 1. The summed E-state index contributed by atoms with van der Waals surface area (Å²) in [5.74, 6) is -0.715. The number of furan rings is 1. The molecule has 1 saturated heterocycles. The van der Waals surface area contributed by atoms with E-state index in [1.54, 1.807) is 0 Å². The maximum atomic E-state index is 12.0. The summed E-state index contributed by atoms with van der Waals surface area (Å²) >= 11 is 0. The van der Waals surface area contributed by atoms with Gasteiger partial charge in [-0.2, -0.15) is 0 Å². The fourth-order valence-electron chi connectivity index (χ4n) is 1.84. The van der Waals surface area contributed by atoms with E-state index in [1.165, 1.54) is 31.1 Å². The van der Waals surface area contributed by atoms with Crippen LogP contribution in [0, 0.1) is 0 Å². The first-order chi connectivity index (χ1) is 9.23. The minimum absolute atomic E-state index is 0.0174. The number of hydrogen-bond acceptors (Lipinski definition) is 6. The van der Waals surface area contributed by atoms with Crippen molar-refractivity contribution in [3.05, 3.63) is 17.9 Å². The lowest BCUT2D eigenvalue weighted by Gasteiger charge is -2.13. The Balaban J connectivity index is 2.20. The van der Waals surface area contributed by atoms with Gasteiger partial charge in [-0.25, -0.2) is 12.7 Å². The fourth-order valence-corrected chi connectivity index (χ4v) is 2.64. The second-order valence-electron chi connectivity index (χ2n) is 4.75. The number of hydrogen-bond donors (Lipinski definition) is 2. The van der Waals surface area contributed by atoms with Gasteiger partial charge in [0.05, 0.1) is 12.2 Å². The van der Waals surface area contributed by atoms with Crippen molar-refractivity contribution >= 4 is 15.9 Å². The third kappa shape index (κ3) is 2.57. The average molecular weight is 304 g/mol. The van der Waals surface area contributed by atoms with Crippen molar-refractivity contribution in [2.24, 2.45) is 0 Å². The van der Waals surface area contributed by atoms with E-state index < -0.39 is 28.1 Å². The molecule has 2 atom stereocenters. The van der Waals surface area contributed by atoms with Crippen LogP contribution in [-0.4, -0.2) is 73.1 Å². The highest BCUT2D eigenvalue weighted by Gasteiger charge is 2.34. The predicted octanol–water partition coefficient (Wildman–Crippen LogP) is -1.29. The maximum absolute atomic E-state index is 12.0. The number of carbonyl (C=O) groups excluding carboxylic acids is 1. The molecular formula is C11H16N2O6S. The third-order valence-corrected chi connectivity index (χ3v) is 4.76. The van der Waals surface area contributed by atoms with Crippen LogP contribution < -0.4 is 0 Å². The number of likely N-dealkylation sites (tertiary alicyclic amines) is 1. The van der Waals surface area contributed by atoms with Gasteiger partial charge in [0.25, 0.3) is 15.9 Å². The highest BCUT2D eigenvalue weighted by Crippen LogP contribution is 2.20. The van der Waals surface area contributed by atoms with Gasteiger partial charge in [0.2, 0.25) is 5.09 Å². The van der Waals surface area contributed by atoms with Gasteiger partial charge in [0.15, 0.2) is 5.76 Å². The van der Waals surface area contributed by atoms with Gasteiger partial charge in [-0.15, -0.1) is 0 Å². The molecule has 0 unspecified atom stereocenters. The quantitative estimate of drug-likeness (QED) is 0.718. The van der Waals surface area contributed by atoms with Crippen molar-refractivity contribution in [2.75, 3.05) is 27.2 Å². The molecule has 0 bridgehead atoms. The van der Waals surface area contributed by atoms with E-state index in [0.717, 1.165) is 4.31 Å². The highest BCUT2D eigenvalue weighted by molar-refractivity contribution is 7.88. The van der Waals surface area contributed by atoms with Crippen LogP contribution in [0.5, 0.6) is 0 Å². The Kier molecular flexibility index (Phi) is 3.87. The van der Waals surface area contributed by atoms with Crippen LogP contribution in [0.3, 0.4) is 0 Å². The number of aliphatic hydroxyl groups excluding tert-OH is 2. The lowest BCUT2D eigenvalue weighted by Crippen LogP contribution is -2.29. The van der Waals surface area contributed by atoms with Gasteiger partial charge in [-0.1, -0.05) is 0 Å². The molecule has 2 heterocycles. The number of amides is 1. The minimum Gasteiger partial charge on any atom is -0.438 e. The Hall–Kier alpha value is -1.42. The summed E-state index contributed by atoms with van der Waals surface area (Å²) in [5, 5.41) is 18.5. The van der Waals surface area contributed by atoms with Gasteiger partial charge in [0.1, 0.15) is 0 Å². The van der Waals surface area contributed by atoms with E-state index in [-0.39, 0.29) is 23.9 Å². The zero-order valence-corrected chi connectivity index (χ0v) is 11.9. The summed E-state index contributed by atoms with van der Waals surface area (Å²) in [4.78, 5) is 13.3. The third-order valence-electron chi connectivity index (χ3n) is 3.07. The van der Waals surface area contributed by atoms with Crippen molar-refractivity contribution in [1.82, 2.24) is 9.21 Å². The molecule has 0 spiro atoms. The molecule has 1 fully saturated rings. The van der Waals surface area contributed by atoms with E-state index in [9.17, 15) is 23.4 Å². The van der Waals surface area contributed by atoms with Crippen LogP contribution in [0.25, 0.3) is 0 Å². The van der Waals surface area contributed by atoms with E-state index in [0.29, 0.717) is 0 Å². The second kappa shape index (κ2) is 5.17. The standard InChI is InChI=1S/C11H16N2O6S/c1-12(2)20(17,18)10-4-3-9(19-10)11(16)13-5-7(14)8(15)6-13/h3-4,7-8,14-15H,5-6H2,1-2H3/t7-,8+. The van der Waals surface area contributed by atoms with Crippen LogP contribution in [0.4, 0.5) is 0 Å². The summed E-state index contributed by atoms with van der Waals surface area (Å²) in [6.45, 7) is -0.0348. The van der Waals surface area contributed by atoms with Crippen molar-refractivity contribution < 1.29 is 27.8 Å². The first-order valence-corrected chi connectivity index (χ1v) is 7.35. The first kappa shape index (κ1) is 15.0. The molecule has 20 heavy (non-hydrogen) atoms. The number of carbonyl (C=O) groups is 1. The molecule has 1 aromatic rings. The molecule has 1 aliphatic rings. The molecule has 1 aromatic heterocycles. The summed E-state index contributed by atoms with van der Waals surface area (Å²) in [7, 11) is -1.03. The Morgan fingerprint density at radius 1 is 1.30 bits per heavy atom. The largest absolute Gasteiger partial charge is 0.438 e. The Morgan fingerprint density at radius 3 is 2.35 bits per heavy atom. The number of nitrogens with zero attached hydrogens (tertiary/aromatic N) is 2. The summed E-state index contributed by atoms with van der Waals surface area (Å²) in [6, 6.07) is 2.46. The summed E-state index contributed by atoms with van der Waals surface area (Å²) in [5.41, 5.74) is 0. The van der Waals surface area contributed by atoms with Gasteiger partial charge in [0, 0.05) is 27.2 Å². The van der Waals surface area contributed by atoms with Gasteiger partial charge in [-0.3, -0.25) is 4.79 Å². The van der Waals surface area contributed by atoms with Crippen LogP contribution >= 0.6 is 0 Å². The van der Waals surface area contributed by atoms with E-state index in [2.05, 4.69) is 0 Å². The maximum Gasteiger partial charge on any atom is 0.289 e. The zero-order valence-electron chi connectivity index (χ0n) is 11.1. The molecule has 1 aliphatic heterocycles. The van der Waals surface area contributed by atoms with E-state index in [4.69, 9.17) is 4.42 Å². The van der Waals surface area contributed by atoms with E-state index >= 15 is 0 Å². The monoisotopic (exact) mass is 304 g/mol. The van der Waals surface area contributed by atoms with Crippen LogP contribution in [0.1, 0.15) is 10.6 Å². The van der Waals surface area contributed by atoms with Gasteiger partial charge in [-0.05, 0) is 12.1 Å². The predicted molar refractivity (Wildman–Crippen MR) is 67.5 cm³/mol. The molecule has 112 valence electrons. The fraction of sp³-hybridized carbons (Fsp3) is 0.545. The highest BCUT2D eigenvalue weighted by atomic mass is 32.2. The molecular weight excluding hydrogens is 288 g/mol. The SMILES string of the molecule is CN(C)S(=O)(=O)c1ccc(C(=O)N2C[C@@H](O)[C@@H](O)C2)o1. The van der Waals surface area contributed by atoms with Crippen molar-refractivity contribution in [2.45, 2.75) is 17.3 Å². The normalized spacial score (nSPS) is 23.6. The van der Waals surface area contributed by atoms with Crippen molar-refractivity contribution in [3.63, 3.8) is 0 Å². The Labute approximate surface area is 116 Å². The lowest BCUT2D eigenvalue weighted by atomic mass is 10.3. The van der Waals surface area contributed by atoms with Crippen LogP contribution in [0.2, 0.25) is 0 Å². The van der Waals surface area contributed by atoms with Crippen molar-refractivity contribution in [3.8, 4) is 0 Å². The summed E-state index contributed by atoms with van der Waals surface area (Å²) in [6.07, 6.45) is -2.00. The Morgan fingerprint density at radius 2 is 1.85 bits per heavy atom. The van der Waals surface area contributed by atoms with Crippen LogP contribution in [0.15, 0.2) is 21.6 Å². The molecule has 8 nitrogen and oxygen atoms in total. The number of β-amino-alcohol motifs (C(OH)–C–C–N with tert-alkyl or cyclic N) is 2. The molecule has 1 amide bonds. The average Bonchev–Trinajstić information content (AvgIpc) is 2.97. The van der Waals surface area contributed by atoms with Crippen molar-refractivity contribution in [1.29, 1.82) is 0 Å². The van der Waals surface area contributed by atoms with Gasteiger partial charge < -0.3 is 19.5 Å². The minimum atomic E-state index is -3.74. The molecule has 2 N–H and O–H groups in total. The van der Waals surface area contributed by atoms with Gasteiger partial charge >= 0.3 is 0 Å². The molecule has 0 aliphatic carbocycles. The molecule has 0 saturated carbocycles. The second-order valence-corrected chi connectivity index (χ2v) is 6.83. The lowest BCUT2D eigenvalue weighted by molar-refractivity contribution is 0.0572. The number of rotatable bonds is 3. The number of aliphatic hydroxyl groups is 2. The molecule has 9 heteroatoms. The van der Waals surface area contributed by atoms with Crippen LogP contribution in [-0.2, 0) is 10.0 Å². The topological polar surface area (TPSA) is 111 Å². The molecule has 2 rings (SSSR count).